The topological polar surface area (TPSA) is 53.7 Å². The first-order valence-electron chi connectivity index (χ1n) is 4.32. The van der Waals surface area contributed by atoms with Gasteiger partial charge < -0.3 is 19.9 Å². The van der Waals surface area contributed by atoms with Gasteiger partial charge in [0.25, 0.3) is 0 Å². The Morgan fingerprint density at radius 1 is 1.15 bits per heavy atom. The molecule has 0 bridgehead atoms. The van der Waals surface area contributed by atoms with Crippen LogP contribution in [0.4, 0.5) is 0 Å². The van der Waals surface area contributed by atoms with Crippen LogP contribution in [0.5, 0.6) is 0 Å². The van der Waals surface area contributed by atoms with E-state index in [1.165, 1.54) is 0 Å². The summed E-state index contributed by atoms with van der Waals surface area (Å²) < 4.78 is 15.2. The molecule has 0 aliphatic heterocycles. The van der Waals surface area contributed by atoms with Gasteiger partial charge in [0, 0.05) is 13.7 Å². The normalized spacial score (nSPS) is 10.3. The van der Waals surface area contributed by atoms with Crippen molar-refractivity contribution in [3.63, 3.8) is 0 Å². The molecule has 0 atom stereocenters. The van der Waals surface area contributed by atoms with Crippen LogP contribution >= 0.6 is 0 Å². The van der Waals surface area contributed by atoms with Crippen LogP contribution in [0, 0.1) is 0 Å². The molecule has 0 saturated heterocycles. The van der Waals surface area contributed by atoms with Crippen molar-refractivity contribution in [1.29, 1.82) is 0 Å². The van der Waals surface area contributed by atoms with E-state index >= 15 is 0 Å². The second kappa shape index (κ2) is 9.67. The van der Waals surface area contributed by atoms with E-state index in [2.05, 4.69) is 6.58 Å². The average molecular weight is 189 g/mol. The first-order valence-corrected chi connectivity index (χ1v) is 4.32. The molecule has 0 aliphatic rings. The van der Waals surface area contributed by atoms with Crippen molar-refractivity contribution >= 4 is 0 Å². The van der Waals surface area contributed by atoms with E-state index in [1.54, 1.807) is 7.11 Å². The molecule has 0 rings (SSSR count). The molecule has 0 aromatic carbocycles. The highest BCUT2D eigenvalue weighted by atomic mass is 16.5. The Hall–Kier alpha value is -0.420. The minimum Gasteiger partial charge on any atom is -0.382 e. The molecule has 78 valence electrons. The fourth-order valence-corrected chi connectivity index (χ4v) is 0.638. The van der Waals surface area contributed by atoms with Gasteiger partial charge in [0.1, 0.15) is 0 Å². The standard InChI is InChI=1S/C9H19NO3/c1-9(7-10)8-13-6-5-12-4-3-11-2/h1,3-8,10H2,2H3. The lowest BCUT2D eigenvalue weighted by molar-refractivity contribution is 0.0300. The van der Waals surface area contributed by atoms with Gasteiger partial charge in [-0.2, -0.15) is 0 Å². The summed E-state index contributed by atoms with van der Waals surface area (Å²) >= 11 is 0. The third kappa shape index (κ3) is 9.49. The number of hydrogen-bond acceptors (Lipinski definition) is 4. The largest absolute Gasteiger partial charge is 0.382 e. The van der Waals surface area contributed by atoms with Gasteiger partial charge in [-0.3, -0.25) is 0 Å². The lowest BCUT2D eigenvalue weighted by atomic mass is 10.3. The Morgan fingerprint density at radius 2 is 1.77 bits per heavy atom. The highest BCUT2D eigenvalue weighted by Crippen LogP contribution is 1.87. The molecule has 13 heavy (non-hydrogen) atoms. The Balaban J connectivity index is 2.95. The predicted octanol–water partition coefficient (Wildman–Crippen LogP) is 0.181. The van der Waals surface area contributed by atoms with E-state index in [1.807, 2.05) is 0 Å². The summed E-state index contributed by atoms with van der Waals surface area (Å²) in [4.78, 5) is 0. The molecule has 0 radical (unpaired) electrons. The summed E-state index contributed by atoms with van der Waals surface area (Å²) in [6.45, 7) is 7.09. The van der Waals surface area contributed by atoms with Crippen molar-refractivity contribution in [3.05, 3.63) is 12.2 Å². The van der Waals surface area contributed by atoms with E-state index in [0.717, 1.165) is 5.57 Å². The molecule has 2 N–H and O–H groups in total. The summed E-state index contributed by atoms with van der Waals surface area (Å²) in [5.74, 6) is 0. The van der Waals surface area contributed by atoms with Gasteiger partial charge >= 0.3 is 0 Å². The fraction of sp³-hybridized carbons (Fsp3) is 0.778. The van der Waals surface area contributed by atoms with Crippen molar-refractivity contribution in [3.8, 4) is 0 Å². The van der Waals surface area contributed by atoms with Gasteiger partial charge in [0.05, 0.1) is 33.0 Å². The van der Waals surface area contributed by atoms with Crippen LogP contribution in [-0.2, 0) is 14.2 Å². The Bertz CT molecular complexity index is 128. The van der Waals surface area contributed by atoms with Gasteiger partial charge in [0.2, 0.25) is 0 Å². The first kappa shape index (κ1) is 12.6. The molecule has 0 aliphatic carbocycles. The summed E-state index contributed by atoms with van der Waals surface area (Å²) in [6, 6.07) is 0. The zero-order chi connectivity index (χ0) is 9.94. The lowest BCUT2D eigenvalue weighted by Crippen LogP contribution is -2.12. The highest BCUT2D eigenvalue weighted by molar-refractivity contribution is 4.95. The highest BCUT2D eigenvalue weighted by Gasteiger charge is 1.91. The first-order chi connectivity index (χ1) is 6.31. The average Bonchev–Trinajstić information content (AvgIpc) is 2.16. The third-order valence-corrected chi connectivity index (χ3v) is 1.40. The van der Waals surface area contributed by atoms with Gasteiger partial charge in [-0.05, 0) is 5.57 Å². The van der Waals surface area contributed by atoms with Crippen LogP contribution < -0.4 is 5.73 Å². The lowest BCUT2D eigenvalue weighted by Gasteiger charge is -2.05. The maximum absolute atomic E-state index is 5.33. The predicted molar refractivity (Wildman–Crippen MR) is 51.7 cm³/mol. The number of nitrogens with two attached hydrogens (primary N) is 1. The maximum Gasteiger partial charge on any atom is 0.0704 e. The van der Waals surface area contributed by atoms with Crippen molar-refractivity contribution < 1.29 is 14.2 Å². The summed E-state index contributed by atoms with van der Waals surface area (Å²) in [5.41, 5.74) is 6.23. The van der Waals surface area contributed by atoms with E-state index in [9.17, 15) is 0 Å². The van der Waals surface area contributed by atoms with Crippen molar-refractivity contribution in [2.45, 2.75) is 0 Å². The molecule has 0 aromatic rings. The van der Waals surface area contributed by atoms with Crippen LogP contribution in [0.1, 0.15) is 0 Å². The second-order valence-corrected chi connectivity index (χ2v) is 2.61. The molecule has 0 fully saturated rings. The molecule has 0 heterocycles. The molecule has 4 nitrogen and oxygen atoms in total. The smallest absolute Gasteiger partial charge is 0.0704 e. The van der Waals surface area contributed by atoms with Gasteiger partial charge in [-0.25, -0.2) is 0 Å². The minimum atomic E-state index is 0.477. The summed E-state index contributed by atoms with van der Waals surface area (Å²) in [6.07, 6.45) is 0. The molecular formula is C9H19NO3. The fourth-order valence-electron chi connectivity index (χ4n) is 0.638. The molecule has 0 unspecified atom stereocenters. The zero-order valence-electron chi connectivity index (χ0n) is 8.25. The molecule has 0 amide bonds. The van der Waals surface area contributed by atoms with Crippen molar-refractivity contribution in [2.24, 2.45) is 5.73 Å². The van der Waals surface area contributed by atoms with Crippen molar-refractivity contribution in [2.75, 3.05) is 46.7 Å². The number of hydrogen-bond donors (Lipinski definition) is 1. The van der Waals surface area contributed by atoms with Crippen LogP contribution in [0.25, 0.3) is 0 Å². The van der Waals surface area contributed by atoms with E-state index < -0.39 is 0 Å². The SMILES string of the molecule is C=C(CN)COCCOCCOC. The molecule has 0 aromatic heterocycles. The number of methoxy groups -OCH3 is 1. The minimum absolute atomic E-state index is 0.477. The van der Waals surface area contributed by atoms with E-state index in [-0.39, 0.29) is 0 Å². The van der Waals surface area contributed by atoms with Crippen LogP contribution in [0.2, 0.25) is 0 Å². The number of ether oxygens (including phenoxy) is 3. The van der Waals surface area contributed by atoms with Gasteiger partial charge in [-0.1, -0.05) is 6.58 Å². The third-order valence-electron chi connectivity index (χ3n) is 1.40. The Morgan fingerprint density at radius 3 is 2.38 bits per heavy atom. The quantitative estimate of drug-likeness (QED) is 0.415. The van der Waals surface area contributed by atoms with Crippen LogP contribution in [0.3, 0.4) is 0 Å². The van der Waals surface area contributed by atoms with Crippen LogP contribution in [0.15, 0.2) is 12.2 Å². The van der Waals surface area contributed by atoms with E-state index in [4.69, 9.17) is 19.9 Å². The Labute approximate surface area is 79.6 Å². The molecule has 0 spiro atoms. The van der Waals surface area contributed by atoms with Crippen molar-refractivity contribution in [1.82, 2.24) is 0 Å². The molecular weight excluding hydrogens is 170 g/mol. The number of rotatable bonds is 9. The molecule has 0 saturated carbocycles. The zero-order valence-corrected chi connectivity index (χ0v) is 8.25. The molecule has 4 heteroatoms. The summed E-state index contributed by atoms with van der Waals surface area (Å²) in [7, 11) is 1.64. The Kier molecular flexibility index (Phi) is 9.35. The maximum atomic E-state index is 5.33. The second-order valence-electron chi connectivity index (χ2n) is 2.61. The van der Waals surface area contributed by atoms with Gasteiger partial charge in [-0.15, -0.1) is 0 Å². The van der Waals surface area contributed by atoms with Crippen LogP contribution in [-0.4, -0.2) is 46.7 Å². The summed E-state index contributed by atoms with van der Waals surface area (Å²) in [5, 5.41) is 0. The monoisotopic (exact) mass is 189 g/mol. The van der Waals surface area contributed by atoms with Gasteiger partial charge in [0.15, 0.2) is 0 Å². The van der Waals surface area contributed by atoms with E-state index in [0.29, 0.717) is 39.6 Å².